The van der Waals surface area contributed by atoms with Crippen molar-refractivity contribution in [3.63, 3.8) is 0 Å². The molecule has 0 aliphatic carbocycles. The lowest BCUT2D eigenvalue weighted by atomic mass is 10.0. The molecule has 0 spiro atoms. The third-order valence-corrected chi connectivity index (χ3v) is 4.62. The number of hydrogen-bond donors (Lipinski definition) is 3. The van der Waals surface area contributed by atoms with E-state index in [1.54, 1.807) is 0 Å². The van der Waals surface area contributed by atoms with E-state index in [0.29, 0.717) is 6.42 Å². The Morgan fingerprint density at radius 1 is 0.765 bits per heavy atom. The minimum Gasteiger partial charge on any atom is -0.460 e. The Hall–Kier alpha value is -3.88. The number of alkyl carbamates (subject to hydrolysis) is 1. The average molecular weight is 470 g/mol. The van der Waals surface area contributed by atoms with Crippen LogP contribution in [-0.2, 0) is 37.1 Å². The van der Waals surface area contributed by atoms with Gasteiger partial charge in [0.25, 0.3) is 0 Å². The van der Waals surface area contributed by atoms with Gasteiger partial charge in [0.2, 0.25) is 11.8 Å². The van der Waals surface area contributed by atoms with Crippen LogP contribution in [0.1, 0.15) is 31.4 Å². The molecule has 0 unspecified atom stereocenters. The molecule has 0 radical (unpaired) electrons. The summed E-state index contributed by atoms with van der Waals surface area (Å²) in [7, 11) is 0. The highest BCUT2D eigenvalue weighted by Crippen LogP contribution is 2.06. The summed E-state index contributed by atoms with van der Waals surface area (Å²) in [6, 6.07) is 17.5. The van der Waals surface area contributed by atoms with Gasteiger partial charge in [0.05, 0.1) is 6.54 Å². The Balaban J connectivity index is 1.72. The molecule has 0 saturated heterocycles. The molecular formula is C25H31N3O6. The van der Waals surface area contributed by atoms with Crippen molar-refractivity contribution in [2.24, 2.45) is 5.92 Å². The maximum absolute atomic E-state index is 12.5. The molecule has 9 nitrogen and oxygen atoms in total. The third-order valence-electron chi connectivity index (χ3n) is 4.62. The molecule has 34 heavy (non-hydrogen) atoms. The highest BCUT2D eigenvalue weighted by molar-refractivity contribution is 5.90. The molecule has 0 heterocycles. The molecule has 3 amide bonds. The summed E-state index contributed by atoms with van der Waals surface area (Å²) in [6.07, 6.45) is -0.366. The minimum absolute atomic E-state index is 0.0749. The molecule has 3 N–H and O–H groups in total. The summed E-state index contributed by atoms with van der Waals surface area (Å²) in [6.45, 7) is 3.33. The van der Waals surface area contributed by atoms with Crippen LogP contribution in [0.4, 0.5) is 4.79 Å². The monoisotopic (exact) mass is 469 g/mol. The highest BCUT2D eigenvalue weighted by atomic mass is 16.5. The number of esters is 1. The summed E-state index contributed by atoms with van der Waals surface area (Å²) in [5, 5.41) is 7.41. The van der Waals surface area contributed by atoms with Crippen LogP contribution in [0.5, 0.6) is 0 Å². The lowest BCUT2D eigenvalue weighted by Gasteiger charge is -2.20. The van der Waals surface area contributed by atoms with Crippen LogP contribution in [0.3, 0.4) is 0 Å². The van der Waals surface area contributed by atoms with Gasteiger partial charge in [-0.25, -0.2) is 4.79 Å². The van der Waals surface area contributed by atoms with E-state index >= 15 is 0 Å². The van der Waals surface area contributed by atoms with Crippen LogP contribution >= 0.6 is 0 Å². The van der Waals surface area contributed by atoms with Crippen molar-refractivity contribution in [3.05, 3.63) is 71.8 Å². The topological polar surface area (TPSA) is 123 Å². The maximum Gasteiger partial charge on any atom is 0.408 e. The standard InChI is InChI=1S/C25H31N3O6/c1-18(2)13-21(28-25(32)34-17-20-11-7-4-8-12-20)24(31)27-14-22(29)26-15-23(30)33-16-19-9-5-3-6-10-19/h3-12,18,21H,13-17H2,1-2H3,(H,26,29)(H,27,31)(H,28,32)/t21-/m1/s1. The number of amides is 3. The van der Waals surface area contributed by atoms with Gasteiger partial charge in [-0.2, -0.15) is 0 Å². The van der Waals surface area contributed by atoms with Crippen LogP contribution in [0, 0.1) is 5.92 Å². The molecule has 0 fully saturated rings. The van der Waals surface area contributed by atoms with Crippen molar-refractivity contribution in [1.82, 2.24) is 16.0 Å². The van der Waals surface area contributed by atoms with Crippen molar-refractivity contribution in [1.29, 1.82) is 0 Å². The van der Waals surface area contributed by atoms with Crippen LogP contribution in [0.15, 0.2) is 60.7 Å². The summed E-state index contributed by atoms with van der Waals surface area (Å²) < 4.78 is 10.3. The number of ether oxygens (including phenoxy) is 2. The van der Waals surface area contributed by atoms with E-state index in [9.17, 15) is 19.2 Å². The zero-order valence-corrected chi connectivity index (χ0v) is 19.4. The minimum atomic E-state index is -0.869. The fourth-order valence-electron chi connectivity index (χ4n) is 2.92. The molecule has 0 bridgehead atoms. The Morgan fingerprint density at radius 2 is 1.32 bits per heavy atom. The second kappa shape index (κ2) is 14.3. The Bertz CT molecular complexity index is 934. The highest BCUT2D eigenvalue weighted by Gasteiger charge is 2.23. The lowest BCUT2D eigenvalue weighted by molar-refractivity contribution is -0.145. The van der Waals surface area contributed by atoms with E-state index in [1.165, 1.54) is 0 Å². The Kier molecular flexibility index (Phi) is 11.1. The third kappa shape index (κ3) is 10.6. The van der Waals surface area contributed by atoms with E-state index in [0.717, 1.165) is 11.1 Å². The van der Waals surface area contributed by atoms with E-state index in [1.807, 2.05) is 74.5 Å². The summed E-state index contributed by atoms with van der Waals surface area (Å²) in [5.74, 6) is -1.56. The van der Waals surface area contributed by atoms with Gasteiger partial charge >= 0.3 is 12.1 Å². The first-order valence-electron chi connectivity index (χ1n) is 11.0. The van der Waals surface area contributed by atoms with Gasteiger partial charge in [-0.05, 0) is 23.5 Å². The number of carbonyl (C=O) groups excluding carboxylic acids is 4. The molecule has 0 aromatic heterocycles. The fraction of sp³-hybridized carbons (Fsp3) is 0.360. The summed E-state index contributed by atoms with van der Waals surface area (Å²) in [5.41, 5.74) is 1.65. The number of carbonyl (C=O) groups is 4. The number of hydrogen-bond acceptors (Lipinski definition) is 6. The zero-order valence-electron chi connectivity index (χ0n) is 19.4. The number of benzene rings is 2. The van der Waals surface area contributed by atoms with Gasteiger partial charge in [-0.1, -0.05) is 74.5 Å². The first-order chi connectivity index (χ1) is 16.3. The molecule has 182 valence electrons. The van der Waals surface area contributed by atoms with Crippen LogP contribution in [-0.4, -0.2) is 43.0 Å². The van der Waals surface area contributed by atoms with Gasteiger partial charge in [-0.15, -0.1) is 0 Å². The lowest BCUT2D eigenvalue weighted by Crippen LogP contribution is -2.50. The number of nitrogens with one attached hydrogen (secondary N) is 3. The molecule has 9 heteroatoms. The van der Waals surface area contributed by atoms with E-state index in [-0.39, 0.29) is 32.2 Å². The predicted octanol–water partition coefficient (Wildman–Crippen LogP) is 2.30. The average Bonchev–Trinajstić information content (AvgIpc) is 2.84. The predicted molar refractivity (Wildman–Crippen MR) is 125 cm³/mol. The van der Waals surface area contributed by atoms with Gasteiger partial charge in [0.15, 0.2) is 0 Å². The largest absolute Gasteiger partial charge is 0.460 e. The molecule has 0 aliphatic heterocycles. The van der Waals surface area contributed by atoms with Crippen molar-refractivity contribution in [2.75, 3.05) is 13.1 Å². The Morgan fingerprint density at radius 3 is 1.88 bits per heavy atom. The van der Waals surface area contributed by atoms with Crippen molar-refractivity contribution >= 4 is 23.9 Å². The van der Waals surface area contributed by atoms with E-state index in [4.69, 9.17) is 9.47 Å². The van der Waals surface area contributed by atoms with Crippen molar-refractivity contribution < 1.29 is 28.7 Å². The second-order valence-corrected chi connectivity index (χ2v) is 8.03. The van der Waals surface area contributed by atoms with Gasteiger partial charge in [0.1, 0.15) is 25.8 Å². The van der Waals surface area contributed by atoms with Gasteiger partial charge in [0, 0.05) is 0 Å². The van der Waals surface area contributed by atoms with Crippen LogP contribution in [0.25, 0.3) is 0 Å². The molecule has 1 atom stereocenters. The smallest absolute Gasteiger partial charge is 0.408 e. The zero-order chi connectivity index (χ0) is 24.8. The fourth-order valence-corrected chi connectivity index (χ4v) is 2.92. The molecule has 2 aromatic rings. The van der Waals surface area contributed by atoms with Crippen LogP contribution < -0.4 is 16.0 Å². The Labute approximate surface area is 199 Å². The normalized spacial score (nSPS) is 11.3. The summed E-state index contributed by atoms with van der Waals surface area (Å²) >= 11 is 0. The number of rotatable bonds is 12. The molecule has 2 rings (SSSR count). The van der Waals surface area contributed by atoms with Gasteiger partial charge in [-0.3, -0.25) is 14.4 Å². The maximum atomic E-state index is 12.5. The molecule has 0 aliphatic rings. The molecule has 2 aromatic carbocycles. The van der Waals surface area contributed by atoms with Crippen molar-refractivity contribution in [3.8, 4) is 0 Å². The SMILES string of the molecule is CC(C)C[C@@H](NC(=O)OCc1ccccc1)C(=O)NCC(=O)NCC(=O)OCc1ccccc1. The molecule has 0 saturated carbocycles. The second-order valence-electron chi connectivity index (χ2n) is 8.03. The molecular weight excluding hydrogens is 438 g/mol. The van der Waals surface area contributed by atoms with E-state index in [2.05, 4.69) is 16.0 Å². The summed E-state index contributed by atoms with van der Waals surface area (Å²) in [4.78, 5) is 48.5. The van der Waals surface area contributed by atoms with Crippen molar-refractivity contribution in [2.45, 2.75) is 39.5 Å². The van der Waals surface area contributed by atoms with Gasteiger partial charge < -0.3 is 25.4 Å². The quantitative estimate of drug-likeness (QED) is 0.410. The van der Waals surface area contributed by atoms with E-state index < -0.39 is 29.9 Å². The van der Waals surface area contributed by atoms with Crippen LogP contribution in [0.2, 0.25) is 0 Å². The first-order valence-corrected chi connectivity index (χ1v) is 11.0. The first kappa shape index (κ1) is 26.4.